The van der Waals surface area contributed by atoms with Crippen LogP contribution in [0.2, 0.25) is 0 Å². The standard InChI is InChI=1S/C20H18F2N2O2S/c1-2-9-26-15-7-8-16(17(22)10-15)20-24-18(12-27-20)19(25)23-11-13-3-5-14(21)6-4-13/h3-8,10,12H,2,9,11H2,1H3,(H,23,25). The molecule has 0 radical (unpaired) electrons. The van der Waals surface area contributed by atoms with Crippen molar-refractivity contribution in [2.45, 2.75) is 19.9 Å². The first-order valence-electron chi connectivity index (χ1n) is 8.47. The molecular weight excluding hydrogens is 370 g/mol. The fourth-order valence-corrected chi connectivity index (χ4v) is 3.18. The van der Waals surface area contributed by atoms with E-state index in [1.54, 1.807) is 29.6 Å². The molecule has 0 aliphatic carbocycles. The predicted octanol–water partition coefficient (Wildman–Crippen LogP) is 4.81. The molecule has 0 spiro atoms. The first-order valence-corrected chi connectivity index (χ1v) is 9.35. The fraction of sp³-hybridized carbons (Fsp3) is 0.200. The van der Waals surface area contributed by atoms with Gasteiger partial charge in [0.2, 0.25) is 0 Å². The molecule has 1 N–H and O–H groups in total. The van der Waals surface area contributed by atoms with E-state index in [1.807, 2.05) is 6.92 Å². The minimum Gasteiger partial charge on any atom is -0.494 e. The van der Waals surface area contributed by atoms with Gasteiger partial charge in [-0.25, -0.2) is 13.8 Å². The van der Waals surface area contributed by atoms with Gasteiger partial charge in [0.15, 0.2) is 0 Å². The number of amides is 1. The summed E-state index contributed by atoms with van der Waals surface area (Å²) in [6, 6.07) is 10.5. The minimum atomic E-state index is -0.448. The Balaban J connectivity index is 1.66. The van der Waals surface area contributed by atoms with Gasteiger partial charge in [0.05, 0.1) is 6.61 Å². The highest BCUT2D eigenvalue weighted by molar-refractivity contribution is 7.13. The topological polar surface area (TPSA) is 51.2 Å². The molecule has 4 nitrogen and oxygen atoms in total. The number of benzene rings is 2. The van der Waals surface area contributed by atoms with Crippen LogP contribution in [0.1, 0.15) is 29.4 Å². The summed E-state index contributed by atoms with van der Waals surface area (Å²) in [5, 5.41) is 4.71. The van der Waals surface area contributed by atoms with Gasteiger partial charge in [-0.2, -0.15) is 0 Å². The lowest BCUT2D eigenvalue weighted by molar-refractivity contribution is 0.0946. The highest BCUT2D eigenvalue weighted by Gasteiger charge is 2.15. The van der Waals surface area contributed by atoms with E-state index in [1.165, 1.54) is 29.5 Å². The summed E-state index contributed by atoms with van der Waals surface area (Å²) in [6.07, 6.45) is 0.840. The van der Waals surface area contributed by atoms with Crippen molar-refractivity contribution in [1.82, 2.24) is 10.3 Å². The lowest BCUT2D eigenvalue weighted by Gasteiger charge is -2.06. The van der Waals surface area contributed by atoms with E-state index in [0.29, 0.717) is 22.9 Å². The molecule has 0 aliphatic heterocycles. The van der Waals surface area contributed by atoms with Crippen LogP contribution in [0.5, 0.6) is 5.75 Å². The van der Waals surface area contributed by atoms with E-state index in [9.17, 15) is 13.6 Å². The lowest BCUT2D eigenvalue weighted by atomic mass is 10.2. The van der Waals surface area contributed by atoms with Crippen LogP contribution in [0.15, 0.2) is 47.8 Å². The third-order valence-electron chi connectivity index (χ3n) is 3.75. The number of rotatable bonds is 7. The van der Waals surface area contributed by atoms with E-state index in [-0.39, 0.29) is 24.0 Å². The molecule has 0 atom stereocenters. The molecular formula is C20H18F2N2O2S. The molecule has 0 bridgehead atoms. The summed E-state index contributed by atoms with van der Waals surface area (Å²) in [5.41, 5.74) is 1.30. The van der Waals surface area contributed by atoms with Crippen molar-refractivity contribution in [3.8, 4) is 16.3 Å². The molecule has 0 unspecified atom stereocenters. The molecule has 1 amide bonds. The van der Waals surface area contributed by atoms with Crippen LogP contribution in [-0.4, -0.2) is 17.5 Å². The van der Waals surface area contributed by atoms with Crippen molar-refractivity contribution in [2.75, 3.05) is 6.61 Å². The summed E-state index contributed by atoms with van der Waals surface area (Å²) in [5.74, 6) is -0.685. The molecule has 3 rings (SSSR count). The normalized spacial score (nSPS) is 10.6. The second-order valence-electron chi connectivity index (χ2n) is 5.84. The van der Waals surface area contributed by atoms with Gasteiger partial charge >= 0.3 is 0 Å². The van der Waals surface area contributed by atoms with Gasteiger partial charge in [-0.05, 0) is 36.2 Å². The van der Waals surface area contributed by atoms with Crippen LogP contribution in [-0.2, 0) is 6.54 Å². The fourth-order valence-electron chi connectivity index (χ4n) is 2.36. The second-order valence-corrected chi connectivity index (χ2v) is 6.70. The number of carbonyl (C=O) groups excluding carboxylic acids is 1. The van der Waals surface area contributed by atoms with Gasteiger partial charge < -0.3 is 10.1 Å². The van der Waals surface area contributed by atoms with Crippen LogP contribution in [0, 0.1) is 11.6 Å². The zero-order valence-electron chi connectivity index (χ0n) is 14.7. The minimum absolute atomic E-state index is 0.211. The van der Waals surface area contributed by atoms with Gasteiger partial charge in [0, 0.05) is 23.6 Å². The number of thiazole rings is 1. The van der Waals surface area contributed by atoms with Crippen molar-refractivity contribution < 1.29 is 18.3 Å². The van der Waals surface area contributed by atoms with Crippen molar-refractivity contribution in [1.29, 1.82) is 0 Å². The summed E-state index contributed by atoms with van der Waals surface area (Å²) in [6.45, 7) is 2.75. The second kappa shape index (κ2) is 8.73. The molecule has 0 saturated carbocycles. The van der Waals surface area contributed by atoms with Crippen molar-refractivity contribution in [2.24, 2.45) is 0 Å². The van der Waals surface area contributed by atoms with Gasteiger partial charge in [-0.15, -0.1) is 11.3 Å². The molecule has 0 aliphatic rings. The number of hydrogen-bond acceptors (Lipinski definition) is 4. The summed E-state index contributed by atoms with van der Waals surface area (Å²) in [7, 11) is 0. The number of carbonyl (C=O) groups is 1. The van der Waals surface area contributed by atoms with Crippen molar-refractivity contribution >= 4 is 17.2 Å². The first-order chi connectivity index (χ1) is 13.1. The Kier molecular flexibility index (Phi) is 6.13. The number of ether oxygens (including phenoxy) is 1. The number of nitrogens with zero attached hydrogens (tertiary/aromatic N) is 1. The van der Waals surface area contributed by atoms with Gasteiger partial charge in [-0.1, -0.05) is 19.1 Å². The first kappa shape index (κ1) is 19.0. The van der Waals surface area contributed by atoms with Crippen LogP contribution in [0.25, 0.3) is 10.6 Å². The zero-order chi connectivity index (χ0) is 19.2. The van der Waals surface area contributed by atoms with Crippen LogP contribution < -0.4 is 10.1 Å². The predicted molar refractivity (Wildman–Crippen MR) is 101 cm³/mol. The number of aromatic nitrogens is 1. The van der Waals surface area contributed by atoms with Crippen molar-refractivity contribution in [3.63, 3.8) is 0 Å². The Labute approximate surface area is 159 Å². The van der Waals surface area contributed by atoms with E-state index >= 15 is 0 Å². The van der Waals surface area contributed by atoms with Gasteiger partial charge in [-0.3, -0.25) is 4.79 Å². The smallest absolute Gasteiger partial charge is 0.271 e. The number of hydrogen-bond donors (Lipinski definition) is 1. The number of nitrogens with one attached hydrogen (secondary N) is 1. The van der Waals surface area contributed by atoms with E-state index in [4.69, 9.17) is 4.74 Å². The Bertz CT molecular complexity index is 926. The summed E-state index contributed by atoms with van der Waals surface area (Å²) >= 11 is 1.19. The van der Waals surface area contributed by atoms with Crippen LogP contribution in [0.4, 0.5) is 8.78 Å². The molecule has 1 heterocycles. The molecule has 1 aromatic heterocycles. The molecule has 27 heavy (non-hydrogen) atoms. The van der Waals surface area contributed by atoms with Gasteiger partial charge in [0.1, 0.15) is 28.1 Å². The monoisotopic (exact) mass is 388 g/mol. The van der Waals surface area contributed by atoms with E-state index in [2.05, 4.69) is 10.3 Å². The Hall–Kier alpha value is -2.80. The summed E-state index contributed by atoms with van der Waals surface area (Å²) in [4.78, 5) is 16.5. The van der Waals surface area contributed by atoms with E-state index in [0.717, 1.165) is 12.0 Å². The molecule has 0 saturated heterocycles. The van der Waals surface area contributed by atoms with Crippen LogP contribution >= 0.6 is 11.3 Å². The molecule has 7 heteroatoms. The molecule has 2 aromatic carbocycles. The quantitative estimate of drug-likeness (QED) is 0.632. The Morgan fingerprint density at radius 2 is 1.96 bits per heavy atom. The molecule has 0 fully saturated rings. The maximum Gasteiger partial charge on any atom is 0.271 e. The van der Waals surface area contributed by atoms with Crippen molar-refractivity contribution in [3.05, 3.63) is 70.7 Å². The highest BCUT2D eigenvalue weighted by atomic mass is 32.1. The van der Waals surface area contributed by atoms with Crippen LogP contribution in [0.3, 0.4) is 0 Å². The third-order valence-corrected chi connectivity index (χ3v) is 4.62. The van der Waals surface area contributed by atoms with E-state index < -0.39 is 5.82 Å². The number of halogens is 2. The summed E-state index contributed by atoms with van der Waals surface area (Å²) < 4.78 is 32.6. The molecule has 3 aromatic rings. The SMILES string of the molecule is CCCOc1ccc(-c2nc(C(=O)NCc3ccc(F)cc3)cs2)c(F)c1. The third kappa shape index (κ3) is 4.89. The largest absolute Gasteiger partial charge is 0.494 e. The highest BCUT2D eigenvalue weighted by Crippen LogP contribution is 2.29. The average Bonchev–Trinajstić information content (AvgIpc) is 3.15. The Morgan fingerprint density at radius 3 is 2.67 bits per heavy atom. The maximum absolute atomic E-state index is 14.3. The lowest BCUT2D eigenvalue weighted by Crippen LogP contribution is -2.23. The maximum atomic E-state index is 14.3. The Morgan fingerprint density at radius 1 is 1.19 bits per heavy atom. The van der Waals surface area contributed by atoms with Gasteiger partial charge in [0.25, 0.3) is 5.91 Å². The average molecular weight is 388 g/mol. The zero-order valence-corrected chi connectivity index (χ0v) is 15.5. The molecule has 140 valence electrons.